The quantitative estimate of drug-likeness (QED) is 0.513. The van der Waals surface area contributed by atoms with Crippen LogP contribution in [0.1, 0.15) is 41.4 Å². The second kappa shape index (κ2) is 11.1. The number of hydrogen-bond acceptors (Lipinski definition) is 4. The number of carbonyl (C=O) groups is 2. The van der Waals surface area contributed by atoms with Gasteiger partial charge >= 0.3 is 0 Å². The predicted octanol–water partition coefficient (Wildman–Crippen LogP) is 4.73. The summed E-state index contributed by atoms with van der Waals surface area (Å²) in [5, 5.41) is 5.79. The van der Waals surface area contributed by atoms with E-state index in [1.165, 1.54) is 0 Å². The van der Waals surface area contributed by atoms with Crippen molar-refractivity contribution in [3.8, 4) is 5.75 Å². The summed E-state index contributed by atoms with van der Waals surface area (Å²) in [6.07, 6.45) is -0.708. The molecule has 166 valence electrons. The fraction of sp³-hybridized carbons (Fsp3) is 0.231. The molecule has 0 bridgehead atoms. The highest BCUT2D eigenvalue weighted by atomic mass is 16.5. The Labute approximate surface area is 188 Å². The Balaban J connectivity index is 1.61. The number of methoxy groups -OCH3 is 1. The minimum atomic E-state index is -0.708. The van der Waals surface area contributed by atoms with E-state index < -0.39 is 6.10 Å². The number of rotatable bonds is 9. The van der Waals surface area contributed by atoms with Crippen molar-refractivity contribution in [3.63, 3.8) is 0 Å². The van der Waals surface area contributed by atoms with E-state index >= 15 is 0 Å². The molecular formula is C26H28N2O4. The Morgan fingerprint density at radius 2 is 1.62 bits per heavy atom. The molecule has 32 heavy (non-hydrogen) atoms. The maximum absolute atomic E-state index is 12.9. The predicted molar refractivity (Wildman–Crippen MR) is 125 cm³/mol. The van der Waals surface area contributed by atoms with Gasteiger partial charge in [-0.05, 0) is 49.2 Å². The van der Waals surface area contributed by atoms with Crippen molar-refractivity contribution in [2.24, 2.45) is 0 Å². The summed E-state index contributed by atoms with van der Waals surface area (Å²) in [5.41, 5.74) is 2.73. The van der Waals surface area contributed by atoms with Crippen molar-refractivity contribution in [1.29, 1.82) is 0 Å². The molecule has 3 rings (SSSR count). The van der Waals surface area contributed by atoms with Crippen LogP contribution in [0, 0.1) is 0 Å². The standard InChI is InChI=1S/C26H28N2O4/c1-18(21-11-5-4-6-12-21)27-26(30)23-14-7-8-15-24(23)28-25(29)19(2)32-17-20-10-9-13-22(16-20)31-3/h4-16,18-19H,17H2,1-3H3,(H,27,30)(H,28,29). The molecule has 0 saturated heterocycles. The van der Waals surface area contributed by atoms with E-state index in [0.29, 0.717) is 11.3 Å². The SMILES string of the molecule is COc1cccc(COC(C)C(=O)Nc2ccccc2C(=O)NC(C)c2ccccc2)c1. The molecule has 0 aliphatic carbocycles. The van der Waals surface area contributed by atoms with E-state index in [-0.39, 0.29) is 24.5 Å². The van der Waals surface area contributed by atoms with E-state index in [9.17, 15) is 9.59 Å². The molecule has 6 heteroatoms. The van der Waals surface area contributed by atoms with Gasteiger partial charge in [-0.3, -0.25) is 9.59 Å². The molecule has 2 amide bonds. The number of benzene rings is 3. The average molecular weight is 433 g/mol. The number of hydrogen-bond donors (Lipinski definition) is 2. The molecule has 0 saturated carbocycles. The molecule has 2 unspecified atom stereocenters. The van der Waals surface area contributed by atoms with Gasteiger partial charge in [-0.15, -0.1) is 0 Å². The van der Waals surface area contributed by atoms with Crippen LogP contribution in [0.3, 0.4) is 0 Å². The van der Waals surface area contributed by atoms with Crippen molar-refractivity contribution < 1.29 is 19.1 Å². The third-order valence-corrected chi connectivity index (χ3v) is 5.08. The third kappa shape index (κ3) is 6.18. The van der Waals surface area contributed by atoms with Crippen molar-refractivity contribution in [2.45, 2.75) is 32.6 Å². The lowest BCUT2D eigenvalue weighted by Gasteiger charge is -2.18. The van der Waals surface area contributed by atoms with Gasteiger partial charge in [0.25, 0.3) is 11.8 Å². The van der Waals surface area contributed by atoms with Crippen molar-refractivity contribution in [1.82, 2.24) is 5.32 Å². The second-order valence-electron chi connectivity index (χ2n) is 7.45. The molecule has 6 nitrogen and oxygen atoms in total. The minimum absolute atomic E-state index is 0.169. The van der Waals surface area contributed by atoms with Gasteiger partial charge < -0.3 is 20.1 Å². The third-order valence-electron chi connectivity index (χ3n) is 5.08. The number of carbonyl (C=O) groups excluding carboxylic acids is 2. The maximum Gasteiger partial charge on any atom is 0.253 e. The van der Waals surface area contributed by atoms with Crippen LogP contribution >= 0.6 is 0 Å². The van der Waals surface area contributed by atoms with Crippen molar-refractivity contribution in [3.05, 3.63) is 95.6 Å². The molecule has 0 fully saturated rings. The Morgan fingerprint density at radius 3 is 2.38 bits per heavy atom. The second-order valence-corrected chi connectivity index (χ2v) is 7.45. The van der Waals surface area contributed by atoms with Gasteiger partial charge in [0.15, 0.2) is 0 Å². The normalized spacial score (nSPS) is 12.5. The van der Waals surface area contributed by atoms with Gasteiger partial charge in [-0.25, -0.2) is 0 Å². The molecule has 0 aliphatic heterocycles. The van der Waals surface area contributed by atoms with E-state index in [0.717, 1.165) is 16.9 Å². The average Bonchev–Trinajstić information content (AvgIpc) is 2.83. The Hall–Kier alpha value is -3.64. The molecule has 0 aromatic heterocycles. The number of anilines is 1. The van der Waals surface area contributed by atoms with Crippen LogP contribution in [0.4, 0.5) is 5.69 Å². The summed E-state index contributed by atoms with van der Waals surface area (Å²) < 4.78 is 10.9. The largest absolute Gasteiger partial charge is 0.497 e. The van der Waals surface area contributed by atoms with Crippen LogP contribution < -0.4 is 15.4 Å². The molecule has 2 atom stereocenters. The first-order valence-electron chi connectivity index (χ1n) is 10.5. The van der Waals surface area contributed by atoms with Crippen LogP contribution in [0.25, 0.3) is 0 Å². The van der Waals surface area contributed by atoms with Gasteiger partial charge in [0, 0.05) is 0 Å². The van der Waals surface area contributed by atoms with E-state index in [1.54, 1.807) is 38.3 Å². The molecular weight excluding hydrogens is 404 g/mol. The van der Waals surface area contributed by atoms with Crippen LogP contribution in [-0.4, -0.2) is 25.0 Å². The fourth-order valence-corrected chi connectivity index (χ4v) is 3.18. The summed E-state index contributed by atoms with van der Waals surface area (Å²) in [4.78, 5) is 25.5. The first-order valence-corrected chi connectivity index (χ1v) is 10.5. The number of nitrogens with one attached hydrogen (secondary N) is 2. The van der Waals surface area contributed by atoms with Gasteiger partial charge in [0.2, 0.25) is 0 Å². The number of amides is 2. The number of ether oxygens (including phenoxy) is 2. The topological polar surface area (TPSA) is 76.7 Å². The lowest BCUT2D eigenvalue weighted by Crippen LogP contribution is -2.31. The fourth-order valence-electron chi connectivity index (χ4n) is 3.18. The first kappa shape index (κ1) is 23.0. The monoisotopic (exact) mass is 432 g/mol. The number of para-hydroxylation sites is 1. The summed E-state index contributed by atoms with van der Waals surface area (Å²) in [7, 11) is 1.60. The summed E-state index contributed by atoms with van der Waals surface area (Å²) in [6, 6.07) is 23.9. The molecule has 0 spiro atoms. The molecule has 2 N–H and O–H groups in total. The first-order chi connectivity index (χ1) is 15.5. The van der Waals surface area contributed by atoms with Gasteiger partial charge in [-0.1, -0.05) is 54.6 Å². The molecule has 0 radical (unpaired) electrons. The summed E-state index contributed by atoms with van der Waals surface area (Å²) >= 11 is 0. The Kier molecular flexibility index (Phi) is 8.00. The van der Waals surface area contributed by atoms with Crippen LogP contribution in [0.15, 0.2) is 78.9 Å². The highest BCUT2D eigenvalue weighted by Crippen LogP contribution is 2.19. The van der Waals surface area contributed by atoms with Crippen LogP contribution in [0.5, 0.6) is 5.75 Å². The molecule has 0 heterocycles. The van der Waals surface area contributed by atoms with E-state index in [4.69, 9.17) is 9.47 Å². The summed E-state index contributed by atoms with van der Waals surface area (Å²) in [6.45, 7) is 3.86. The zero-order valence-corrected chi connectivity index (χ0v) is 18.5. The van der Waals surface area contributed by atoms with Gasteiger partial charge in [-0.2, -0.15) is 0 Å². The maximum atomic E-state index is 12.9. The summed E-state index contributed by atoms with van der Waals surface area (Å²) in [5.74, 6) is 0.138. The molecule has 0 aliphatic rings. The van der Waals surface area contributed by atoms with Gasteiger partial charge in [0.05, 0.1) is 31.0 Å². The lowest BCUT2D eigenvalue weighted by atomic mass is 10.1. The van der Waals surface area contributed by atoms with Crippen LogP contribution in [0.2, 0.25) is 0 Å². The van der Waals surface area contributed by atoms with Crippen LogP contribution in [-0.2, 0) is 16.1 Å². The molecule has 3 aromatic carbocycles. The van der Waals surface area contributed by atoms with E-state index in [1.807, 2.05) is 61.5 Å². The van der Waals surface area contributed by atoms with E-state index in [2.05, 4.69) is 10.6 Å². The van der Waals surface area contributed by atoms with Gasteiger partial charge in [0.1, 0.15) is 11.9 Å². The smallest absolute Gasteiger partial charge is 0.253 e. The Morgan fingerprint density at radius 1 is 0.906 bits per heavy atom. The van der Waals surface area contributed by atoms with Crippen molar-refractivity contribution in [2.75, 3.05) is 12.4 Å². The lowest BCUT2D eigenvalue weighted by molar-refractivity contribution is -0.127. The minimum Gasteiger partial charge on any atom is -0.497 e. The highest BCUT2D eigenvalue weighted by Gasteiger charge is 2.19. The Bertz CT molecular complexity index is 1050. The highest BCUT2D eigenvalue weighted by molar-refractivity contribution is 6.04. The zero-order chi connectivity index (χ0) is 22.9. The molecule has 3 aromatic rings. The zero-order valence-electron chi connectivity index (χ0n) is 18.5. The van der Waals surface area contributed by atoms with Crippen molar-refractivity contribution >= 4 is 17.5 Å².